The Morgan fingerprint density at radius 2 is 2.24 bits per heavy atom. The van der Waals surface area contributed by atoms with Gasteiger partial charge in [0.25, 0.3) is 0 Å². The predicted octanol–water partition coefficient (Wildman–Crippen LogP) is 0.648. The molecule has 2 heterocycles. The molecule has 1 aliphatic heterocycles. The Labute approximate surface area is 97.8 Å². The Bertz CT molecular complexity index is 544. The van der Waals surface area contributed by atoms with Gasteiger partial charge in [-0.3, -0.25) is 4.79 Å². The third kappa shape index (κ3) is 1.99. The van der Waals surface area contributed by atoms with Crippen molar-refractivity contribution in [3.63, 3.8) is 0 Å². The van der Waals surface area contributed by atoms with Crippen LogP contribution in [0.4, 0.5) is 5.69 Å². The lowest BCUT2D eigenvalue weighted by Crippen LogP contribution is -2.35. The maximum Gasteiger partial charge on any atom is 0.241 e. The van der Waals surface area contributed by atoms with Crippen LogP contribution in [0.3, 0.4) is 0 Å². The lowest BCUT2D eigenvalue weighted by molar-refractivity contribution is -0.117. The summed E-state index contributed by atoms with van der Waals surface area (Å²) in [5, 5.41) is 16.5. The van der Waals surface area contributed by atoms with E-state index in [9.17, 15) is 4.79 Å². The standard InChI is InChI=1S/C11H13N5O/c17-11(9-2-1-5-12-9)13-7-3-4-8-10(6-7)15-16-14-8/h3-4,6,9,12H,1-2,5H2,(H,13,17)(H,14,15,16). The zero-order valence-electron chi connectivity index (χ0n) is 9.23. The molecule has 17 heavy (non-hydrogen) atoms. The molecule has 2 aromatic rings. The maximum absolute atomic E-state index is 11.9. The van der Waals surface area contributed by atoms with Gasteiger partial charge in [0, 0.05) is 5.69 Å². The third-order valence-corrected chi connectivity index (χ3v) is 2.96. The van der Waals surface area contributed by atoms with Gasteiger partial charge in [-0.05, 0) is 37.6 Å². The molecule has 0 aliphatic carbocycles. The Kier molecular flexibility index (Phi) is 2.49. The highest BCUT2D eigenvalue weighted by molar-refractivity contribution is 5.96. The van der Waals surface area contributed by atoms with E-state index in [0.29, 0.717) is 0 Å². The number of carbonyl (C=O) groups excluding carboxylic acids is 1. The Hall–Kier alpha value is -1.95. The molecule has 1 aromatic carbocycles. The third-order valence-electron chi connectivity index (χ3n) is 2.96. The quantitative estimate of drug-likeness (QED) is 0.708. The normalized spacial score (nSPS) is 19.6. The van der Waals surface area contributed by atoms with Crippen LogP contribution in [-0.2, 0) is 4.79 Å². The average molecular weight is 231 g/mol. The number of benzene rings is 1. The van der Waals surface area contributed by atoms with Crippen LogP contribution in [0, 0.1) is 0 Å². The molecule has 1 atom stereocenters. The number of nitrogens with zero attached hydrogens (tertiary/aromatic N) is 2. The number of aromatic amines is 1. The summed E-state index contributed by atoms with van der Waals surface area (Å²) in [7, 11) is 0. The molecule has 6 nitrogen and oxygen atoms in total. The summed E-state index contributed by atoms with van der Waals surface area (Å²) in [4.78, 5) is 11.9. The number of hydrogen-bond donors (Lipinski definition) is 3. The van der Waals surface area contributed by atoms with Gasteiger partial charge in [-0.1, -0.05) is 0 Å². The molecule has 0 saturated carbocycles. The number of amides is 1. The number of hydrogen-bond acceptors (Lipinski definition) is 4. The van der Waals surface area contributed by atoms with Gasteiger partial charge in [-0.25, -0.2) is 0 Å². The molecule has 1 amide bonds. The van der Waals surface area contributed by atoms with Gasteiger partial charge in [0.15, 0.2) is 0 Å². The maximum atomic E-state index is 11.9. The van der Waals surface area contributed by atoms with Crippen LogP contribution in [0.15, 0.2) is 18.2 Å². The van der Waals surface area contributed by atoms with Crippen molar-refractivity contribution < 1.29 is 4.79 Å². The van der Waals surface area contributed by atoms with Crippen LogP contribution >= 0.6 is 0 Å². The predicted molar refractivity (Wildman–Crippen MR) is 63.5 cm³/mol. The number of fused-ring (bicyclic) bond motifs is 1. The van der Waals surface area contributed by atoms with Gasteiger partial charge in [-0.15, -0.1) is 0 Å². The highest BCUT2D eigenvalue weighted by Gasteiger charge is 2.21. The molecule has 1 unspecified atom stereocenters. The zero-order valence-corrected chi connectivity index (χ0v) is 9.23. The van der Waals surface area contributed by atoms with Crippen molar-refractivity contribution in [2.45, 2.75) is 18.9 Å². The highest BCUT2D eigenvalue weighted by Crippen LogP contribution is 2.16. The monoisotopic (exact) mass is 231 g/mol. The molecule has 6 heteroatoms. The first-order chi connectivity index (χ1) is 8.33. The van der Waals surface area contributed by atoms with Crippen LogP contribution in [0.2, 0.25) is 0 Å². The van der Waals surface area contributed by atoms with Crippen LogP contribution in [0.1, 0.15) is 12.8 Å². The minimum Gasteiger partial charge on any atom is -0.325 e. The smallest absolute Gasteiger partial charge is 0.241 e. The van der Waals surface area contributed by atoms with Crippen molar-refractivity contribution in [1.82, 2.24) is 20.7 Å². The molecule has 1 saturated heterocycles. The summed E-state index contributed by atoms with van der Waals surface area (Å²) < 4.78 is 0. The molecule has 3 rings (SSSR count). The lowest BCUT2D eigenvalue weighted by atomic mass is 10.2. The van der Waals surface area contributed by atoms with E-state index in [2.05, 4.69) is 26.0 Å². The summed E-state index contributed by atoms with van der Waals surface area (Å²) >= 11 is 0. The highest BCUT2D eigenvalue weighted by atomic mass is 16.2. The fourth-order valence-electron chi connectivity index (χ4n) is 2.06. The number of carbonyl (C=O) groups is 1. The van der Waals surface area contributed by atoms with E-state index >= 15 is 0 Å². The first-order valence-electron chi connectivity index (χ1n) is 5.68. The number of H-pyrrole nitrogens is 1. The summed E-state index contributed by atoms with van der Waals surface area (Å²) in [6.45, 7) is 0.917. The van der Waals surface area contributed by atoms with Crippen LogP contribution in [-0.4, -0.2) is 33.9 Å². The molecule has 3 N–H and O–H groups in total. The molecule has 1 fully saturated rings. The SMILES string of the molecule is O=C(Nc1ccc2n[nH]nc2c1)C1CCCN1. The zero-order chi connectivity index (χ0) is 11.7. The van der Waals surface area contributed by atoms with E-state index in [4.69, 9.17) is 0 Å². The summed E-state index contributed by atoms with van der Waals surface area (Å²) in [5.74, 6) is 0.0188. The van der Waals surface area contributed by atoms with Crippen LogP contribution in [0.25, 0.3) is 11.0 Å². The molecule has 88 valence electrons. The van der Waals surface area contributed by atoms with Gasteiger partial charge in [0.1, 0.15) is 11.0 Å². The number of rotatable bonds is 2. The van der Waals surface area contributed by atoms with E-state index in [1.54, 1.807) is 0 Å². The Morgan fingerprint density at radius 3 is 3.06 bits per heavy atom. The topological polar surface area (TPSA) is 82.7 Å². The second-order valence-corrected chi connectivity index (χ2v) is 4.17. The lowest BCUT2D eigenvalue weighted by Gasteiger charge is -2.10. The summed E-state index contributed by atoms with van der Waals surface area (Å²) in [5.41, 5.74) is 2.30. The van der Waals surface area contributed by atoms with Crippen molar-refractivity contribution in [3.05, 3.63) is 18.2 Å². The van der Waals surface area contributed by atoms with Gasteiger partial charge in [-0.2, -0.15) is 15.4 Å². The number of aromatic nitrogens is 3. The van der Waals surface area contributed by atoms with Crippen LogP contribution in [0.5, 0.6) is 0 Å². The van der Waals surface area contributed by atoms with Crippen molar-refractivity contribution in [3.8, 4) is 0 Å². The van der Waals surface area contributed by atoms with Gasteiger partial charge in [0.2, 0.25) is 5.91 Å². The fraction of sp³-hybridized carbons (Fsp3) is 0.364. The van der Waals surface area contributed by atoms with Gasteiger partial charge >= 0.3 is 0 Å². The van der Waals surface area contributed by atoms with Crippen molar-refractivity contribution in [2.24, 2.45) is 0 Å². The van der Waals surface area contributed by atoms with E-state index < -0.39 is 0 Å². The van der Waals surface area contributed by atoms with Crippen molar-refractivity contribution in [1.29, 1.82) is 0 Å². The Morgan fingerprint density at radius 1 is 1.35 bits per heavy atom. The van der Waals surface area contributed by atoms with E-state index in [1.165, 1.54) is 0 Å². The minimum atomic E-state index is -0.0667. The van der Waals surface area contributed by atoms with E-state index in [0.717, 1.165) is 36.1 Å². The molecule has 0 spiro atoms. The first kappa shape index (κ1) is 10.2. The van der Waals surface area contributed by atoms with E-state index in [1.807, 2.05) is 18.2 Å². The fourth-order valence-corrected chi connectivity index (χ4v) is 2.06. The number of nitrogens with one attached hydrogen (secondary N) is 3. The molecule has 1 aromatic heterocycles. The van der Waals surface area contributed by atoms with Crippen molar-refractivity contribution in [2.75, 3.05) is 11.9 Å². The molecule has 1 aliphatic rings. The van der Waals surface area contributed by atoms with E-state index in [-0.39, 0.29) is 11.9 Å². The van der Waals surface area contributed by atoms with Gasteiger partial charge < -0.3 is 10.6 Å². The molecular formula is C11H13N5O. The largest absolute Gasteiger partial charge is 0.325 e. The minimum absolute atomic E-state index is 0.0188. The Balaban J connectivity index is 1.77. The molecular weight excluding hydrogens is 218 g/mol. The number of anilines is 1. The molecule has 0 radical (unpaired) electrons. The summed E-state index contributed by atoms with van der Waals surface area (Å²) in [6, 6.07) is 5.41. The first-order valence-corrected chi connectivity index (χ1v) is 5.68. The second-order valence-electron chi connectivity index (χ2n) is 4.17. The van der Waals surface area contributed by atoms with Crippen LogP contribution < -0.4 is 10.6 Å². The summed E-state index contributed by atoms with van der Waals surface area (Å²) in [6.07, 6.45) is 1.96. The van der Waals surface area contributed by atoms with Crippen molar-refractivity contribution >= 4 is 22.6 Å². The average Bonchev–Trinajstić information content (AvgIpc) is 2.99. The van der Waals surface area contributed by atoms with Gasteiger partial charge in [0.05, 0.1) is 6.04 Å². The second kappa shape index (κ2) is 4.14. The molecule has 0 bridgehead atoms.